The van der Waals surface area contributed by atoms with Crippen molar-refractivity contribution in [2.24, 2.45) is 0 Å². The standard InChI is InChI=1S/C9H20N2O2/c1-6(10-7(2)12)8(13)11-9(3,4)5/h6-7,10,12H,1-5H3,(H,11,13). The number of carbonyl (C=O) groups excluding carboxylic acids is 1. The van der Waals surface area contributed by atoms with Crippen LogP contribution in [0, 0.1) is 0 Å². The van der Waals surface area contributed by atoms with E-state index in [0.29, 0.717) is 0 Å². The van der Waals surface area contributed by atoms with Crippen molar-refractivity contribution in [3.63, 3.8) is 0 Å². The highest BCUT2D eigenvalue weighted by molar-refractivity contribution is 5.81. The summed E-state index contributed by atoms with van der Waals surface area (Å²) in [5, 5.41) is 14.5. The molecule has 0 bridgehead atoms. The fourth-order valence-electron chi connectivity index (χ4n) is 0.915. The summed E-state index contributed by atoms with van der Waals surface area (Å²) in [7, 11) is 0. The van der Waals surface area contributed by atoms with E-state index in [2.05, 4.69) is 10.6 Å². The van der Waals surface area contributed by atoms with Gasteiger partial charge in [0, 0.05) is 5.54 Å². The smallest absolute Gasteiger partial charge is 0.237 e. The highest BCUT2D eigenvalue weighted by Crippen LogP contribution is 1.99. The number of aliphatic hydroxyl groups is 1. The van der Waals surface area contributed by atoms with Gasteiger partial charge in [0.25, 0.3) is 0 Å². The molecular formula is C9H20N2O2. The van der Waals surface area contributed by atoms with Crippen LogP contribution in [-0.2, 0) is 4.79 Å². The van der Waals surface area contributed by atoms with Gasteiger partial charge in [-0.25, -0.2) is 0 Å². The van der Waals surface area contributed by atoms with Crippen LogP contribution in [0.3, 0.4) is 0 Å². The molecule has 0 aliphatic carbocycles. The Morgan fingerprint density at radius 2 is 1.77 bits per heavy atom. The van der Waals surface area contributed by atoms with Crippen molar-refractivity contribution < 1.29 is 9.90 Å². The molecule has 0 aliphatic heterocycles. The maximum Gasteiger partial charge on any atom is 0.237 e. The molecule has 2 unspecified atom stereocenters. The number of carbonyl (C=O) groups is 1. The van der Waals surface area contributed by atoms with E-state index < -0.39 is 6.23 Å². The average molecular weight is 188 g/mol. The third-order valence-electron chi connectivity index (χ3n) is 1.38. The van der Waals surface area contributed by atoms with Crippen molar-refractivity contribution in [2.45, 2.75) is 52.4 Å². The normalized spacial score (nSPS) is 16.5. The highest BCUT2D eigenvalue weighted by Gasteiger charge is 2.19. The zero-order chi connectivity index (χ0) is 10.6. The van der Waals surface area contributed by atoms with Crippen LogP contribution in [0.15, 0.2) is 0 Å². The molecule has 0 saturated heterocycles. The lowest BCUT2D eigenvalue weighted by molar-refractivity contribution is -0.125. The highest BCUT2D eigenvalue weighted by atomic mass is 16.3. The Hall–Kier alpha value is -0.610. The molecule has 4 nitrogen and oxygen atoms in total. The van der Waals surface area contributed by atoms with Crippen molar-refractivity contribution >= 4 is 5.91 Å². The van der Waals surface area contributed by atoms with Gasteiger partial charge in [0.1, 0.15) is 6.23 Å². The van der Waals surface area contributed by atoms with Crippen LogP contribution in [0.2, 0.25) is 0 Å². The lowest BCUT2D eigenvalue weighted by Gasteiger charge is -2.24. The number of amides is 1. The Bertz CT molecular complexity index is 173. The molecule has 0 aliphatic rings. The number of rotatable bonds is 3. The SMILES string of the molecule is CC(O)NC(C)C(=O)NC(C)(C)C. The second-order valence-electron chi connectivity index (χ2n) is 4.30. The number of hydrogen-bond acceptors (Lipinski definition) is 3. The van der Waals surface area contributed by atoms with Gasteiger partial charge < -0.3 is 10.4 Å². The first-order chi connectivity index (χ1) is 5.72. The van der Waals surface area contributed by atoms with Crippen LogP contribution in [-0.4, -0.2) is 28.8 Å². The molecule has 0 rings (SSSR count). The maximum atomic E-state index is 11.4. The molecule has 2 atom stereocenters. The van der Waals surface area contributed by atoms with Crippen molar-refractivity contribution in [3.8, 4) is 0 Å². The van der Waals surface area contributed by atoms with Gasteiger partial charge in [-0.1, -0.05) is 0 Å². The molecule has 0 aromatic carbocycles. The van der Waals surface area contributed by atoms with Crippen molar-refractivity contribution in [2.75, 3.05) is 0 Å². The molecule has 0 fully saturated rings. The molecule has 3 N–H and O–H groups in total. The third-order valence-corrected chi connectivity index (χ3v) is 1.38. The minimum atomic E-state index is -0.666. The first-order valence-electron chi connectivity index (χ1n) is 4.48. The van der Waals surface area contributed by atoms with E-state index in [9.17, 15) is 4.79 Å². The molecule has 0 spiro atoms. The predicted octanol–water partition coefficient (Wildman–Crippen LogP) is 0.217. The zero-order valence-corrected chi connectivity index (χ0v) is 9.01. The van der Waals surface area contributed by atoms with Gasteiger partial charge in [-0.05, 0) is 34.6 Å². The molecule has 4 heteroatoms. The van der Waals surface area contributed by atoms with E-state index in [1.54, 1.807) is 13.8 Å². The monoisotopic (exact) mass is 188 g/mol. The number of hydrogen-bond donors (Lipinski definition) is 3. The summed E-state index contributed by atoms with van der Waals surface area (Å²) >= 11 is 0. The van der Waals surface area contributed by atoms with Crippen LogP contribution in [0.1, 0.15) is 34.6 Å². The quantitative estimate of drug-likeness (QED) is 0.555. The zero-order valence-electron chi connectivity index (χ0n) is 9.01. The number of aliphatic hydroxyl groups excluding tert-OH is 1. The molecule has 0 aromatic heterocycles. The van der Waals surface area contributed by atoms with Crippen LogP contribution in [0.5, 0.6) is 0 Å². The lowest BCUT2D eigenvalue weighted by Crippen LogP contribution is -2.51. The van der Waals surface area contributed by atoms with Gasteiger partial charge in [-0.3, -0.25) is 10.1 Å². The van der Waals surface area contributed by atoms with E-state index in [1.807, 2.05) is 20.8 Å². The molecular weight excluding hydrogens is 168 g/mol. The molecule has 0 aromatic rings. The topological polar surface area (TPSA) is 61.4 Å². The van der Waals surface area contributed by atoms with Gasteiger partial charge in [-0.2, -0.15) is 0 Å². The second-order valence-corrected chi connectivity index (χ2v) is 4.30. The first-order valence-corrected chi connectivity index (χ1v) is 4.48. The van der Waals surface area contributed by atoms with E-state index in [-0.39, 0.29) is 17.5 Å². The largest absolute Gasteiger partial charge is 0.379 e. The van der Waals surface area contributed by atoms with Crippen molar-refractivity contribution in [3.05, 3.63) is 0 Å². The van der Waals surface area contributed by atoms with Crippen molar-refractivity contribution in [1.29, 1.82) is 0 Å². The fourth-order valence-corrected chi connectivity index (χ4v) is 0.915. The summed E-state index contributed by atoms with van der Waals surface area (Å²) in [5.74, 6) is -0.103. The summed E-state index contributed by atoms with van der Waals surface area (Å²) in [6, 6.07) is -0.376. The van der Waals surface area contributed by atoms with E-state index >= 15 is 0 Å². The van der Waals surface area contributed by atoms with Gasteiger partial charge in [0.15, 0.2) is 0 Å². The van der Waals surface area contributed by atoms with Crippen LogP contribution < -0.4 is 10.6 Å². The minimum absolute atomic E-state index is 0.103. The predicted molar refractivity (Wildman–Crippen MR) is 52.2 cm³/mol. The van der Waals surface area contributed by atoms with E-state index in [4.69, 9.17) is 5.11 Å². The summed E-state index contributed by atoms with van der Waals surface area (Å²) in [6.07, 6.45) is -0.666. The lowest BCUT2D eigenvalue weighted by atomic mass is 10.1. The van der Waals surface area contributed by atoms with Crippen LogP contribution in [0.25, 0.3) is 0 Å². The first kappa shape index (κ1) is 12.4. The average Bonchev–Trinajstić information content (AvgIpc) is 1.81. The molecule has 13 heavy (non-hydrogen) atoms. The summed E-state index contributed by atoms with van der Waals surface area (Å²) in [5.41, 5.74) is -0.230. The second kappa shape index (κ2) is 4.58. The number of nitrogens with one attached hydrogen (secondary N) is 2. The maximum absolute atomic E-state index is 11.4. The van der Waals surface area contributed by atoms with Gasteiger partial charge in [0.2, 0.25) is 5.91 Å². The minimum Gasteiger partial charge on any atom is -0.379 e. The molecule has 78 valence electrons. The van der Waals surface area contributed by atoms with Gasteiger partial charge >= 0.3 is 0 Å². The summed E-state index contributed by atoms with van der Waals surface area (Å²) < 4.78 is 0. The summed E-state index contributed by atoms with van der Waals surface area (Å²) in [4.78, 5) is 11.4. The molecule has 0 radical (unpaired) electrons. The van der Waals surface area contributed by atoms with Gasteiger partial charge in [-0.15, -0.1) is 0 Å². The Labute approximate surface area is 79.7 Å². The molecule has 1 amide bonds. The Balaban J connectivity index is 3.97. The van der Waals surface area contributed by atoms with Crippen LogP contribution >= 0.6 is 0 Å². The molecule has 0 heterocycles. The third kappa shape index (κ3) is 6.54. The van der Waals surface area contributed by atoms with E-state index in [0.717, 1.165) is 0 Å². The Morgan fingerprint density at radius 1 is 1.31 bits per heavy atom. The van der Waals surface area contributed by atoms with Crippen molar-refractivity contribution in [1.82, 2.24) is 10.6 Å². The Kier molecular flexibility index (Phi) is 4.36. The summed E-state index contributed by atoms with van der Waals surface area (Å²) in [6.45, 7) is 9.05. The fraction of sp³-hybridized carbons (Fsp3) is 0.889. The Morgan fingerprint density at radius 3 is 2.08 bits per heavy atom. The van der Waals surface area contributed by atoms with Crippen LogP contribution in [0.4, 0.5) is 0 Å². The van der Waals surface area contributed by atoms with E-state index in [1.165, 1.54) is 0 Å². The van der Waals surface area contributed by atoms with Gasteiger partial charge in [0.05, 0.1) is 6.04 Å². The molecule has 0 saturated carbocycles.